The van der Waals surface area contributed by atoms with Crippen LogP contribution in [0.3, 0.4) is 0 Å². The molecule has 2 amide bonds. The second kappa shape index (κ2) is 9.69. The molecule has 1 N–H and O–H groups in total. The van der Waals surface area contributed by atoms with Crippen molar-refractivity contribution >= 4 is 27.5 Å². The summed E-state index contributed by atoms with van der Waals surface area (Å²) in [6, 6.07) is 5.16. The molecule has 2 fully saturated rings. The minimum Gasteiger partial charge on any atom is -0.352 e. The molecule has 8 heteroatoms. The van der Waals surface area contributed by atoms with Crippen molar-refractivity contribution in [2.45, 2.75) is 81.6 Å². The minimum atomic E-state index is -3.52. The van der Waals surface area contributed by atoms with Crippen LogP contribution >= 0.6 is 0 Å². The molecule has 2 aliphatic heterocycles. The smallest absolute Gasteiger partial charge is 0.243 e. The number of anilines is 1. The number of piperidine rings is 1. The quantitative estimate of drug-likeness (QED) is 0.703. The van der Waals surface area contributed by atoms with E-state index in [1.807, 2.05) is 0 Å². The van der Waals surface area contributed by atoms with Gasteiger partial charge in [0.2, 0.25) is 21.8 Å². The molecule has 0 atom stereocenters. The summed E-state index contributed by atoms with van der Waals surface area (Å²) < 4.78 is 27.6. The highest BCUT2D eigenvalue weighted by atomic mass is 32.2. The minimum absolute atomic E-state index is 0.0133. The van der Waals surface area contributed by atoms with E-state index in [4.69, 9.17) is 0 Å². The van der Waals surface area contributed by atoms with Gasteiger partial charge in [-0.25, -0.2) is 8.42 Å². The van der Waals surface area contributed by atoms with Gasteiger partial charge in [0.25, 0.3) is 0 Å². The van der Waals surface area contributed by atoms with Crippen LogP contribution in [0.15, 0.2) is 23.1 Å². The zero-order valence-electron chi connectivity index (χ0n) is 18.1. The molecule has 1 aromatic carbocycles. The molecule has 31 heavy (non-hydrogen) atoms. The number of fused-ring (bicyclic) bond motifs is 1. The van der Waals surface area contributed by atoms with Crippen LogP contribution in [-0.2, 0) is 26.0 Å². The lowest BCUT2D eigenvalue weighted by atomic mass is 10.0. The second-order valence-electron chi connectivity index (χ2n) is 8.99. The van der Waals surface area contributed by atoms with Crippen LogP contribution in [0.4, 0.5) is 5.69 Å². The monoisotopic (exact) mass is 447 g/mol. The van der Waals surface area contributed by atoms with Gasteiger partial charge in [-0.05, 0) is 55.9 Å². The van der Waals surface area contributed by atoms with E-state index in [0.29, 0.717) is 25.2 Å². The fourth-order valence-corrected chi connectivity index (χ4v) is 6.53. The third-order valence-corrected chi connectivity index (χ3v) is 8.62. The van der Waals surface area contributed by atoms with Crippen molar-refractivity contribution in [3.8, 4) is 0 Å². The van der Waals surface area contributed by atoms with Gasteiger partial charge in [-0.2, -0.15) is 4.31 Å². The van der Waals surface area contributed by atoms with Crippen LogP contribution in [0.2, 0.25) is 0 Å². The molecular weight excluding hydrogens is 414 g/mol. The Morgan fingerprint density at radius 1 is 0.968 bits per heavy atom. The standard InChI is InChI=1S/C23H33N3O4S/c27-22(24-19-8-4-1-2-5-9-19)17-26-21-12-11-20(16-18(21)10-13-23(26)28)31(29,30)25-14-6-3-7-15-25/h11-12,16,19H,1-10,13-15,17H2,(H,24,27). The van der Waals surface area contributed by atoms with Gasteiger partial charge in [0.05, 0.1) is 4.90 Å². The van der Waals surface area contributed by atoms with Gasteiger partial charge in [-0.3, -0.25) is 9.59 Å². The fraction of sp³-hybridized carbons (Fsp3) is 0.652. The molecule has 2 heterocycles. The van der Waals surface area contributed by atoms with Gasteiger partial charge in [0.1, 0.15) is 6.54 Å². The maximum Gasteiger partial charge on any atom is 0.243 e. The molecule has 1 saturated heterocycles. The molecule has 3 aliphatic rings. The lowest BCUT2D eigenvalue weighted by molar-refractivity contribution is -0.124. The number of nitrogens with zero attached hydrogens (tertiary/aromatic N) is 2. The average Bonchev–Trinajstić information content (AvgIpc) is 3.04. The van der Waals surface area contributed by atoms with Crippen LogP contribution in [0.25, 0.3) is 0 Å². The first-order chi connectivity index (χ1) is 14.9. The molecule has 1 saturated carbocycles. The summed E-state index contributed by atoms with van der Waals surface area (Å²) in [5, 5.41) is 3.10. The fourth-order valence-electron chi connectivity index (χ4n) is 4.97. The Labute approximate surface area is 185 Å². The van der Waals surface area contributed by atoms with Crippen molar-refractivity contribution in [3.63, 3.8) is 0 Å². The number of sulfonamides is 1. The number of carbonyl (C=O) groups is 2. The summed E-state index contributed by atoms with van der Waals surface area (Å²) in [6.45, 7) is 1.11. The first-order valence-electron chi connectivity index (χ1n) is 11.7. The van der Waals surface area contributed by atoms with Crippen LogP contribution in [0.1, 0.15) is 69.8 Å². The maximum absolute atomic E-state index is 13.0. The van der Waals surface area contributed by atoms with Crippen molar-refractivity contribution in [1.29, 1.82) is 0 Å². The van der Waals surface area contributed by atoms with Gasteiger partial charge in [-0.1, -0.05) is 32.1 Å². The molecule has 0 radical (unpaired) electrons. The van der Waals surface area contributed by atoms with E-state index in [-0.39, 0.29) is 35.7 Å². The van der Waals surface area contributed by atoms with Gasteiger partial charge in [0.15, 0.2) is 0 Å². The number of hydrogen-bond donors (Lipinski definition) is 1. The summed E-state index contributed by atoms with van der Waals surface area (Å²) in [4.78, 5) is 27.1. The molecule has 0 aromatic heterocycles. The zero-order valence-corrected chi connectivity index (χ0v) is 19.0. The highest BCUT2D eigenvalue weighted by Crippen LogP contribution is 2.31. The van der Waals surface area contributed by atoms with Crippen LogP contribution in [0, 0.1) is 0 Å². The SMILES string of the molecule is O=C(CN1C(=O)CCc2cc(S(=O)(=O)N3CCCCC3)ccc21)NC1CCCCCC1. The van der Waals surface area contributed by atoms with Crippen molar-refractivity contribution < 1.29 is 18.0 Å². The number of benzene rings is 1. The van der Waals surface area contributed by atoms with Crippen LogP contribution in [0.5, 0.6) is 0 Å². The first kappa shape index (κ1) is 22.3. The summed E-state index contributed by atoms with van der Waals surface area (Å²) in [6.07, 6.45) is 10.3. The Hall–Kier alpha value is -1.93. The Bertz CT molecular complexity index is 917. The molecule has 170 valence electrons. The predicted octanol–water partition coefficient (Wildman–Crippen LogP) is 2.98. The van der Waals surface area contributed by atoms with Crippen molar-refractivity contribution in [3.05, 3.63) is 23.8 Å². The number of rotatable bonds is 5. The third kappa shape index (κ3) is 5.12. The average molecular weight is 448 g/mol. The van der Waals surface area contributed by atoms with Crippen molar-refractivity contribution in [1.82, 2.24) is 9.62 Å². The molecule has 4 rings (SSSR count). The van der Waals surface area contributed by atoms with E-state index in [1.54, 1.807) is 22.5 Å². The molecular formula is C23H33N3O4S. The molecule has 0 bridgehead atoms. The lowest BCUT2D eigenvalue weighted by Crippen LogP contribution is -2.45. The van der Waals surface area contributed by atoms with Crippen LogP contribution in [-0.4, -0.2) is 50.2 Å². The van der Waals surface area contributed by atoms with E-state index >= 15 is 0 Å². The number of aryl methyl sites for hydroxylation is 1. The lowest BCUT2D eigenvalue weighted by Gasteiger charge is -2.31. The van der Waals surface area contributed by atoms with Gasteiger partial charge < -0.3 is 10.2 Å². The second-order valence-corrected chi connectivity index (χ2v) is 10.9. The summed E-state index contributed by atoms with van der Waals surface area (Å²) in [7, 11) is -3.52. The summed E-state index contributed by atoms with van der Waals surface area (Å²) >= 11 is 0. The molecule has 0 spiro atoms. The number of amides is 2. The predicted molar refractivity (Wildman–Crippen MR) is 119 cm³/mol. The number of nitrogens with one attached hydrogen (secondary N) is 1. The number of carbonyl (C=O) groups excluding carboxylic acids is 2. The summed E-state index contributed by atoms with van der Waals surface area (Å²) in [5.74, 6) is -0.228. The highest BCUT2D eigenvalue weighted by molar-refractivity contribution is 7.89. The Kier molecular flexibility index (Phi) is 6.96. The Balaban J connectivity index is 1.49. The normalized spacial score (nSPS) is 21.4. The Morgan fingerprint density at radius 3 is 2.35 bits per heavy atom. The van der Waals surface area contributed by atoms with Crippen molar-refractivity contribution in [2.75, 3.05) is 24.5 Å². The largest absolute Gasteiger partial charge is 0.352 e. The van der Waals surface area contributed by atoms with Gasteiger partial charge in [-0.15, -0.1) is 0 Å². The van der Waals surface area contributed by atoms with E-state index in [1.165, 1.54) is 17.7 Å². The Morgan fingerprint density at radius 2 is 1.65 bits per heavy atom. The van der Waals surface area contributed by atoms with Gasteiger partial charge in [0, 0.05) is 31.2 Å². The molecule has 1 aromatic rings. The topological polar surface area (TPSA) is 86.8 Å². The van der Waals surface area contributed by atoms with E-state index < -0.39 is 10.0 Å². The zero-order chi connectivity index (χ0) is 21.8. The van der Waals surface area contributed by atoms with E-state index in [0.717, 1.165) is 50.5 Å². The third-order valence-electron chi connectivity index (χ3n) is 6.73. The highest BCUT2D eigenvalue weighted by Gasteiger charge is 2.30. The maximum atomic E-state index is 13.0. The van der Waals surface area contributed by atoms with Crippen LogP contribution < -0.4 is 10.2 Å². The molecule has 7 nitrogen and oxygen atoms in total. The summed E-state index contributed by atoms with van der Waals surface area (Å²) in [5.41, 5.74) is 1.48. The van der Waals surface area contributed by atoms with E-state index in [2.05, 4.69) is 5.32 Å². The first-order valence-corrected chi connectivity index (χ1v) is 13.1. The molecule has 0 unspecified atom stereocenters. The van der Waals surface area contributed by atoms with Crippen molar-refractivity contribution in [2.24, 2.45) is 0 Å². The van der Waals surface area contributed by atoms with E-state index in [9.17, 15) is 18.0 Å². The number of hydrogen-bond acceptors (Lipinski definition) is 4. The van der Waals surface area contributed by atoms with Gasteiger partial charge >= 0.3 is 0 Å². The molecule has 1 aliphatic carbocycles.